The Morgan fingerprint density at radius 3 is 2.54 bits per heavy atom. The van der Waals surface area contributed by atoms with Crippen LogP contribution < -0.4 is 0 Å². The lowest BCUT2D eigenvalue weighted by Gasteiger charge is -2.16. The van der Waals surface area contributed by atoms with Crippen molar-refractivity contribution in [3.05, 3.63) is 41.7 Å². The number of para-hydroxylation sites is 2. The number of hydrogen-bond acceptors (Lipinski definition) is 7. The van der Waals surface area contributed by atoms with Crippen LogP contribution in [0.3, 0.4) is 0 Å². The molecule has 3 rings (SSSR count). The van der Waals surface area contributed by atoms with E-state index in [0.29, 0.717) is 37.1 Å². The average Bonchev–Trinajstić information content (AvgIpc) is 3.14. The summed E-state index contributed by atoms with van der Waals surface area (Å²) in [5.41, 5.74) is 2.79. The first-order chi connectivity index (χ1) is 16.8. The van der Waals surface area contributed by atoms with E-state index in [0.717, 1.165) is 23.9 Å². The van der Waals surface area contributed by atoms with Gasteiger partial charge in [0.2, 0.25) is 0 Å². The van der Waals surface area contributed by atoms with Gasteiger partial charge in [-0.2, -0.15) is 0 Å². The summed E-state index contributed by atoms with van der Waals surface area (Å²) < 4.78 is 17.0. The van der Waals surface area contributed by atoms with Crippen molar-refractivity contribution in [2.45, 2.75) is 103 Å². The summed E-state index contributed by atoms with van der Waals surface area (Å²) >= 11 is 0. The van der Waals surface area contributed by atoms with Crippen molar-refractivity contribution in [3.63, 3.8) is 0 Å². The Balaban J connectivity index is 1.77. The number of fused-ring (bicyclic) bond motifs is 1. The second-order valence-electron chi connectivity index (χ2n) is 9.67. The standard InChI is InChI=1S/C28H40N2O5/c1-5-6-7-8-9-15-23(31)27-22(29-20-13-10-11-14-21(20)30-27)18-19-25-24(34-28(2,3)35-25)16-12-17-26(32)33-4/h10-11,13-14,18-19,23-25,31H,5-9,12,15-17H2,1-4H3/b19-18+. The first-order valence-electron chi connectivity index (χ1n) is 12.9. The van der Waals surface area contributed by atoms with Gasteiger partial charge in [0.05, 0.1) is 41.7 Å². The van der Waals surface area contributed by atoms with Gasteiger partial charge < -0.3 is 19.3 Å². The van der Waals surface area contributed by atoms with E-state index in [1.54, 1.807) is 0 Å². The third-order valence-electron chi connectivity index (χ3n) is 6.29. The predicted octanol–water partition coefficient (Wildman–Crippen LogP) is 5.90. The van der Waals surface area contributed by atoms with Gasteiger partial charge in [-0.1, -0.05) is 57.2 Å². The van der Waals surface area contributed by atoms with E-state index in [2.05, 4.69) is 6.92 Å². The SMILES string of the molecule is CCCCCCCC(O)c1nc2ccccc2nc1/C=C/C1OC(C)(C)OC1CCCC(=O)OC. The molecule has 3 atom stereocenters. The van der Waals surface area contributed by atoms with Crippen molar-refractivity contribution in [2.75, 3.05) is 7.11 Å². The van der Waals surface area contributed by atoms with Gasteiger partial charge in [-0.15, -0.1) is 0 Å². The average molecular weight is 485 g/mol. The van der Waals surface area contributed by atoms with Crippen molar-refractivity contribution < 1.29 is 24.1 Å². The Bertz CT molecular complexity index is 990. The Kier molecular flexibility index (Phi) is 10.2. The van der Waals surface area contributed by atoms with Gasteiger partial charge in [0, 0.05) is 6.42 Å². The first kappa shape index (κ1) is 27.2. The first-order valence-corrected chi connectivity index (χ1v) is 12.9. The van der Waals surface area contributed by atoms with Crippen LogP contribution in [0.2, 0.25) is 0 Å². The molecule has 0 saturated carbocycles. The Labute approximate surface area is 208 Å². The molecule has 35 heavy (non-hydrogen) atoms. The molecular formula is C28H40N2O5. The smallest absolute Gasteiger partial charge is 0.305 e. The van der Waals surface area contributed by atoms with Gasteiger partial charge in [0.15, 0.2) is 5.79 Å². The highest BCUT2D eigenvalue weighted by Gasteiger charge is 2.39. The second-order valence-corrected chi connectivity index (χ2v) is 9.67. The fourth-order valence-electron chi connectivity index (χ4n) is 4.46. The molecule has 1 aliphatic rings. The summed E-state index contributed by atoms with van der Waals surface area (Å²) in [6.45, 7) is 5.97. The summed E-state index contributed by atoms with van der Waals surface area (Å²) in [6.07, 6.45) is 10.6. The highest BCUT2D eigenvalue weighted by atomic mass is 16.7. The van der Waals surface area contributed by atoms with Crippen LogP contribution in [-0.2, 0) is 19.0 Å². The van der Waals surface area contributed by atoms with Crippen LogP contribution in [0.5, 0.6) is 0 Å². The van der Waals surface area contributed by atoms with Crippen molar-refractivity contribution in [3.8, 4) is 0 Å². The highest BCUT2D eigenvalue weighted by Crippen LogP contribution is 2.32. The maximum atomic E-state index is 11.5. The maximum Gasteiger partial charge on any atom is 0.305 e. The van der Waals surface area contributed by atoms with Gasteiger partial charge in [-0.3, -0.25) is 4.79 Å². The van der Waals surface area contributed by atoms with Gasteiger partial charge >= 0.3 is 5.97 Å². The van der Waals surface area contributed by atoms with E-state index in [1.165, 1.54) is 26.4 Å². The molecule has 192 valence electrons. The molecule has 1 aliphatic heterocycles. The number of methoxy groups -OCH3 is 1. The molecule has 0 spiro atoms. The van der Waals surface area contributed by atoms with Gasteiger partial charge in [-0.25, -0.2) is 9.97 Å². The molecule has 0 aliphatic carbocycles. The van der Waals surface area contributed by atoms with Crippen molar-refractivity contribution >= 4 is 23.1 Å². The fraction of sp³-hybridized carbons (Fsp3) is 0.607. The molecule has 0 amide bonds. The lowest BCUT2D eigenvalue weighted by molar-refractivity contribution is -0.144. The van der Waals surface area contributed by atoms with E-state index in [1.807, 2.05) is 50.3 Å². The maximum absolute atomic E-state index is 11.5. The van der Waals surface area contributed by atoms with E-state index < -0.39 is 11.9 Å². The number of nitrogens with zero attached hydrogens (tertiary/aromatic N) is 2. The number of hydrogen-bond donors (Lipinski definition) is 1. The van der Waals surface area contributed by atoms with Crippen LogP contribution in [0.15, 0.2) is 30.3 Å². The van der Waals surface area contributed by atoms with E-state index in [4.69, 9.17) is 24.2 Å². The van der Waals surface area contributed by atoms with E-state index >= 15 is 0 Å². The number of benzene rings is 1. The summed E-state index contributed by atoms with van der Waals surface area (Å²) in [7, 11) is 1.40. The lowest BCUT2D eigenvalue weighted by atomic mass is 10.0. The Morgan fingerprint density at radius 2 is 1.83 bits per heavy atom. The normalized spacial score (nSPS) is 20.5. The second kappa shape index (κ2) is 13.1. The number of unbranched alkanes of at least 4 members (excludes halogenated alkanes) is 4. The fourth-order valence-corrected chi connectivity index (χ4v) is 4.46. The Morgan fingerprint density at radius 1 is 1.11 bits per heavy atom. The number of aromatic nitrogens is 2. The molecule has 2 heterocycles. The molecular weight excluding hydrogens is 444 g/mol. The Hall–Kier alpha value is -2.35. The number of carbonyl (C=O) groups is 1. The molecule has 1 saturated heterocycles. The zero-order valence-electron chi connectivity index (χ0n) is 21.5. The topological polar surface area (TPSA) is 90.8 Å². The molecule has 1 N–H and O–H groups in total. The summed E-state index contributed by atoms with van der Waals surface area (Å²) in [4.78, 5) is 21.1. The van der Waals surface area contributed by atoms with Crippen LogP contribution in [0.1, 0.15) is 96.1 Å². The minimum Gasteiger partial charge on any atom is -0.469 e. The molecule has 7 nitrogen and oxygen atoms in total. The molecule has 1 aromatic heterocycles. The number of aliphatic hydroxyl groups is 1. The molecule has 1 fully saturated rings. The minimum atomic E-state index is -0.721. The van der Waals surface area contributed by atoms with Crippen LogP contribution >= 0.6 is 0 Å². The summed E-state index contributed by atoms with van der Waals surface area (Å²) in [5, 5.41) is 11.0. The molecule has 2 aromatic rings. The number of esters is 1. The highest BCUT2D eigenvalue weighted by molar-refractivity contribution is 5.75. The number of rotatable bonds is 13. The summed E-state index contributed by atoms with van der Waals surface area (Å²) in [6, 6.07) is 7.70. The molecule has 3 unspecified atom stereocenters. The predicted molar refractivity (Wildman–Crippen MR) is 137 cm³/mol. The third-order valence-corrected chi connectivity index (χ3v) is 6.29. The van der Waals surface area contributed by atoms with Crippen molar-refractivity contribution in [2.24, 2.45) is 0 Å². The van der Waals surface area contributed by atoms with Crippen molar-refractivity contribution in [1.29, 1.82) is 0 Å². The summed E-state index contributed by atoms with van der Waals surface area (Å²) in [5.74, 6) is -0.948. The number of ether oxygens (including phenoxy) is 3. The lowest BCUT2D eigenvalue weighted by Crippen LogP contribution is -2.21. The zero-order valence-corrected chi connectivity index (χ0v) is 21.5. The van der Waals surface area contributed by atoms with Crippen LogP contribution in [-0.4, -0.2) is 46.1 Å². The third kappa shape index (κ3) is 8.09. The van der Waals surface area contributed by atoms with E-state index in [9.17, 15) is 9.90 Å². The van der Waals surface area contributed by atoms with Crippen LogP contribution in [0.4, 0.5) is 0 Å². The molecule has 1 aromatic carbocycles. The van der Waals surface area contributed by atoms with E-state index in [-0.39, 0.29) is 18.2 Å². The quantitative estimate of drug-likeness (QED) is 0.279. The van der Waals surface area contributed by atoms with Gasteiger partial charge in [0.25, 0.3) is 0 Å². The van der Waals surface area contributed by atoms with Crippen LogP contribution in [0, 0.1) is 0 Å². The largest absolute Gasteiger partial charge is 0.469 e. The van der Waals surface area contributed by atoms with Gasteiger partial charge in [0.1, 0.15) is 6.10 Å². The van der Waals surface area contributed by atoms with Gasteiger partial charge in [-0.05, 0) is 51.3 Å². The molecule has 7 heteroatoms. The molecule has 0 radical (unpaired) electrons. The monoisotopic (exact) mass is 484 g/mol. The van der Waals surface area contributed by atoms with Crippen LogP contribution in [0.25, 0.3) is 17.1 Å². The number of aliphatic hydroxyl groups excluding tert-OH is 1. The minimum absolute atomic E-state index is 0.189. The van der Waals surface area contributed by atoms with Crippen molar-refractivity contribution in [1.82, 2.24) is 9.97 Å². The number of carbonyl (C=O) groups excluding carboxylic acids is 1. The molecule has 0 bridgehead atoms. The zero-order chi connectivity index (χ0) is 25.3.